The molecule has 0 bridgehead atoms. The van der Waals surface area contributed by atoms with E-state index in [1.807, 2.05) is 24.3 Å². The fourth-order valence-electron chi connectivity index (χ4n) is 2.77. The average Bonchev–Trinajstić information content (AvgIpc) is 3.25. The number of fused-ring (bicyclic) bond motifs is 1. The summed E-state index contributed by atoms with van der Waals surface area (Å²) in [5, 5.41) is 9.22. The van der Waals surface area contributed by atoms with E-state index < -0.39 is 0 Å². The zero-order chi connectivity index (χ0) is 18.6. The molecule has 2 heterocycles. The fraction of sp³-hybridized carbons (Fsp3) is 0.211. The minimum Gasteiger partial charge on any atom is -0.323 e. The van der Waals surface area contributed by atoms with Crippen molar-refractivity contribution in [2.45, 2.75) is 27.9 Å². The Kier molecular flexibility index (Phi) is 6.02. The van der Waals surface area contributed by atoms with Gasteiger partial charge in [-0.15, -0.1) is 10.2 Å². The van der Waals surface area contributed by atoms with Gasteiger partial charge in [0.15, 0.2) is 8.68 Å². The molecule has 0 aliphatic rings. The molecule has 0 amide bonds. The minimum atomic E-state index is 0.705. The van der Waals surface area contributed by atoms with Gasteiger partial charge < -0.3 is 4.57 Å². The first-order valence-corrected chi connectivity index (χ1v) is 11.7. The number of hydrogen-bond acceptors (Lipinski definition) is 6. The van der Waals surface area contributed by atoms with Gasteiger partial charge >= 0.3 is 0 Å². The van der Waals surface area contributed by atoms with Crippen molar-refractivity contribution < 1.29 is 0 Å². The van der Waals surface area contributed by atoms with Gasteiger partial charge in [-0.25, -0.2) is 4.98 Å². The Labute approximate surface area is 175 Å². The molecule has 0 saturated carbocycles. The maximum absolute atomic E-state index is 6.17. The second-order valence-electron chi connectivity index (χ2n) is 5.79. The van der Waals surface area contributed by atoms with Gasteiger partial charge in [-0.1, -0.05) is 83.7 Å². The molecule has 0 N–H and O–H groups in total. The topological polar surface area (TPSA) is 43.6 Å². The molecule has 27 heavy (non-hydrogen) atoms. The molecule has 0 aliphatic heterocycles. The maximum Gasteiger partial charge on any atom is 0.175 e. The minimum absolute atomic E-state index is 0.705. The highest BCUT2D eigenvalue weighted by atomic mass is 35.5. The Hall–Kier alpha value is -1.54. The van der Waals surface area contributed by atoms with Crippen molar-refractivity contribution in [3.8, 4) is 0 Å². The second-order valence-corrected chi connectivity index (χ2v) is 9.94. The predicted molar refractivity (Wildman–Crippen MR) is 116 cm³/mol. The second kappa shape index (κ2) is 8.65. The number of imidazole rings is 1. The summed E-state index contributed by atoms with van der Waals surface area (Å²) in [6.07, 6.45) is 0. The molecular weight excluding hydrogens is 416 g/mol. The number of nitrogens with zero attached hydrogens (tertiary/aromatic N) is 4. The lowest BCUT2D eigenvalue weighted by molar-refractivity contribution is 0.780. The number of benzene rings is 2. The van der Waals surface area contributed by atoms with Gasteiger partial charge in [0, 0.05) is 11.6 Å². The van der Waals surface area contributed by atoms with Gasteiger partial charge in [0.2, 0.25) is 0 Å². The third-order valence-electron chi connectivity index (χ3n) is 3.95. The molecule has 8 heteroatoms. The van der Waals surface area contributed by atoms with E-state index >= 15 is 0 Å². The summed E-state index contributed by atoms with van der Waals surface area (Å²) in [7, 11) is 0. The summed E-state index contributed by atoms with van der Waals surface area (Å²) in [5.74, 6) is 2.76. The van der Waals surface area contributed by atoms with Crippen LogP contribution in [0.5, 0.6) is 0 Å². The monoisotopic (exact) mass is 432 g/mol. The fourth-order valence-corrected chi connectivity index (χ4v) is 5.80. The summed E-state index contributed by atoms with van der Waals surface area (Å²) in [5.41, 5.74) is 3.27. The highest BCUT2D eigenvalue weighted by Gasteiger charge is 2.14. The molecule has 0 atom stereocenters. The molecule has 0 fully saturated rings. The highest BCUT2D eigenvalue weighted by molar-refractivity contribution is 8.02. The van der Waals surface area contributed by atoms with E-state index in [0.29, 0.717) is 5.02 Å². The average molecular weight is 433 g/mol. The molecule has 0 unspecified atom stereocenters. The zero-order valence-corrected chi connectivity index (χ0v) is 17.8. The van der Waals surface area contributed by atoms with Gasteiger partial charge in [-0.2, -0.15) is 0 Å². The van der Waals surface area contributed by atoms with E-state index in [1.54, 1.807) is 34.9 Å². The molecule has 0 spiro atoms. The highest BCUT2D eigenvalue weighted by Crippen LogP contribution is 2.31. The van der Waals surface area contributed by atoms with Gasteiger partial charge in [0.1, 0.15) is 5.82 Å². The van der Waals surface area contributed by atoms with Crippen LogP contribution < -0.4 is 0 Å². The van der Waals surface area contributed by atoms with Gasteiger partial charge in [-0.05, 0) is 29.5 Å². The maximum atomic E-state index is 6.17. The van der Waals surface area contributed by atoms with E-state index in [1.165, 1.54) is 5.56 Å². The van der Waals surface area contributed by atoms with Gasteiger partial charge in [0.25, 0.3) is 0 Å². The summed E-state index contributed by atoms with van der Waals surface area (Å²) < 4.78 is 4.25. The van der Waals surface area contributed by atoms with Crippen molar-refractivity contribution >= 4 is 57.5 Å². The molecule has 2 aromatic carbocycles. The van der Waals surface area contributed by atoms with Crippen LogP contribution in [0.2, 0.25) is 5.02 Å². The predicted octanol–water partition coefficient (Wildman–Crippen LogP) is 5.99. The lowest BCUT2D eigenvalue weighted by atomic mass is 10.2. The number of hydrogen-bond donors (Lipinski definition) is 0. The van der Waals surface area contributed by atoms with Crippen LogP contribution in [0.1, 0.15) is 18.3 Å². The third-order valence-corrected chi connectivity index (χ3v) is 7.26. The summed E-state index contributed by atoms with van der Waals surface area (Å²) in [6, 6.07) is 16.3. The van der Waals surface area contributed by atoms with E-state index in [4.69, 9.17) is 16.6 Å². The van der Waals surface area contributed by atoms with Crippen molar-refractivity contribution in [3.63, 3.8) is 0 Å². The quantitative estimate of drug-likeness (QED) is 0.335. The summed E-state index contributed by atoms with van der Waals surface area (Å²) in [4.78, 5) is 4.84. The van der Waals surface area contributed by atoms with Crippen LogP contribution in [-0.4, -0.2) is 25.5 Å². The van der Waals surface area contributed by atoms with E-state index in [2.05, 4.69) is 46.0 Å². The number of halogens is 1. The Morgan fingerprint density at radius 2 is 1.81 bits per heavy atom. The summed E-state index contributed by atoms with van der Waals surface area (Å²) in [6.45, 7) is 2.90. The lowest BCUT2D eigenvalue weighted by Gasteiger charge is -2.09. The Morgan fingerprint density at radius 3 is 2.59 bits per heavy atom. The molecule has 0 radical (unpaired) electrons. The van der Waals surface area contributed by atoms with Crippen LogP contribution in [0, 0.1) is 0 Å². The van der Waals surface area contributed by atoms with Gasteiger partial charge in [0.05, 0.1) is 16.8 Å². The van der Waals surface area contributed by atoms with E-state index in [9.17, 15) is 0 Å². The van der Waals surface area contributed by atoms with Crippen molar-refractivity contribution in [2.24, 2.45) is 0 Å². The van der Waals surface area contributed by atoms with Crippen LogP contribution in [0.4, 0.5) is 0 Å². The molecule has 2 aromatic heterocycles. The number of aromatic nitrogens is 4. The Bertz CT molecular complexity index is 1050. The zero-order valence-electron chi connectivity index (χ0n) is 14.6. The molecule has 4 aromatic rings. The first-order valence-electron chi connectivity index (χ1n) is 8.50. The Morgan fingerprint density at radius 1 is 1.04 bits per heavy atom. The van der Waals surface area contributed by atoms with Gasteiger partial charge in [-0.3, -0.25) is 0 Å². The van der Waals surface area contributed by atoms with Crippen molar-refractivity contribution in [2.75, 3.05) is 5.75 Å². The van der Waals surface area contributed by atoms with Crippen LogP contribution in [0.3, 0.4) is 0 Å². The van der Waals surface area contributed by atoms with Crippen LogP contribution in [0.15, 0.2) is 57.2 Å². The molecule has 138 valence electrons. The van der Waals surface area contributed by atoms with Crippen LogP contribution in [0.25, 0.3) is 11.0 Å². The third kappa shape index (κ3) is 4.48. The van der Waals surface area contributed by atoms with Crippen molar-refractivity contribution in [1.82, 2.24) is 19.7 Å². The lowest BCUT2D eigenvalue weighted by Crippen LogP contribution is -2.04. The van der Waals surface area contributed by atoms with E-state index in [0.717, 1.165) is 43.6 Å². The first kappa shape index (κ1) is 18.8. The van der Waals surface area contributed by atoms with Crippen LogP contribution in [-0.2, 0) is 12.3 Å². The Balaban J connectivity index is 1.62. The molecule has 0 saturated heterocycles. The van der Waals surface area contributed by atoms with Crippen molar-refractivity contribution in [1.29, 1.82) is 0 Å². The smallest absolute Gasteiger partial charge is 0.175 e. The number of thioether (sulfide) groups is 2. The molecule has 4 rings (SSSR count). The molecule has 4 nitrogen and oxygen atoms in total. The first-order chi connectivity index (χ1) is 13.2. The largest absolute Gasteiger partial charge is 0.323 e. The normalized spacial score (nSPS) is 11.3. The van der Waals surface area contributed by atoms with Crippen molar-refractivity contribution in [3.05, 3.63) is 64.9 Å². The molecular formula is C19H17ClN4S3. The molecule has 0 aliphatic carbocycles. The standard InChI is InChI=1S/C19H17ClN4S3/c1-2-25-18-22-23-19(27-18)26-12-17-21-15-10-14(20)8-9-16(15)24(17)11-13-6-4-3-5-7-13/h3-10H,2,11-12H2,1H3. The van der Waals surface area contributed by atoms with Crippen LogP contribution >= 0.6 is 46.5 Å². The number of rotatable bonds is 7. The van der Waals surface area contributed by atoms with E-state index in [-0.39, 0.29) is 0 Å². The SMILES string of the molecule is CCSc1nnc(SCc2nc3cc(Cl)ccc3n2Cc2ccccc2)s1. The summed E-state index contributed by atoms with van der Waals surface area (Å²) >= 11 is 11.2.